The maximum Gasteiger partial charge on any atom is 0.254 e. The Hall–Kier alpha value is -1.75. The molecule has 1 aromatic carbocycles. The minimum atomic E-state index is -0.513. The summed E-state index contributed by atoms with van der Waals surface area (Å²) in [6, 6.07) is 5.72. The van der Waals surface area contributed by atoms with E-state index in [4.69, 9.17) is 0 Å². The maximum atomic E-state index is 13.5. The minimum Gasteiger partial charge on any atom is -0.343 e. The normalized spacial score (nSPS) is 12.2. The van der Waals surface area contributed by atoms with Gasteiger partial charge in [-0.25, -0.2) is 9.37 Å². The van der Waals surface area contributed by atoms with E-state index >= 15 is 0 Å². The molecule has 1 unspecified atom stereocenters. The summed E-state index contributed by atoms with van der Waals surface area (Å²) in [6.07, 6.45) is 2.73. The summed E-state index contributed by atoms with van der Waals surface area (Å²) < 4.78 is 13.5. The molecule has 2 aromatic rings. The third-order valence-corrected chi connectivity index (χ3v) is 4.08. The Morgan fingerprint density at radius 3 is 2.84 bits per heavy atom. The van der Waals surface area contributed by atoms with Crippen molar-refractivity contribution in [2.45, 2.75) is 26.3 Å². The van der Waals surface area contributed by atoms with E-state index in [-0.39, 0.29) is 11.6 Å². The van der Waals surface area contributed by atoms with Crippen LogP contribution in [0.15, 0.2) is 30.5 Å². The molecule has 3 nitrogen and oxygen atoms in total. The standard InChI is InChI=1S/C14H15FN2OS/c1-3-10-8-16-14(19-10)9(2)17-13(18)11-6-4-5-7-12(11)15/h4-9H,3H2,1-2H3,(H,17,18). The smallest absolute Gasteiger partial charge is 0.254 e. The second-order valence-electron chi connectivity index (χ2n) is 4.19. The van der Waals surface area contributed by atoms with Crippen molar-refractivity contribution in [1.29, 1.82) is 0 Å². The largest absolute Gasteiger partial charge is 0.343 e. The highest BCUT2D eigenvalue weighted by molar-refractivity contribution is 7.11. The first-order valence-electron chi connectivity index (χ1n) is 6.11. The average Bonchev–Trinajstić information content (AvgIpc) is 2.88. The number of rotatable bonds is 4. The number of carbonyl (C=O) groups is 1. The van der Waals surface area contributed by atoms with Gasteiger partial charge in [0.05, 0.1) is 11.6 Å². The van der Waals surface area contributed by atoms with Crippen LogP contribution in [0.25, 0.3) is 0 Å². The summed E-state index contributed by atoms with van der Waals surface area (Å²) >= 11 is 1.56. The van der Waals surface area contributed by atoms with Crippen LogP contribution in [0, 0.1) is 5.82 Å². The molecule has 0 spiro atoms. The number of hydrogen-bond acceptors (Lipinski definition) is 3. The average molecular weight is 278 g/mol. The first kappa shape index (κ1) is 13.7. The Kier molecular flexibility index (Phi) is 4.27. The van der Waals surface area contributed by atoms with Crippen LogP contribution in [-0.4, -0.2) is 10.9 Å². The third kappa shape index (κ3) is 3.17. The lowest BCUT2D eigenvalue weighted by atomic mass is 10.2. The van der Waals surface area contributed by atoms with Gasteiger partial charge >= 0.3 is 0 Å². The summed E-state index contributed by atoms with van der Waals surface area (Å²) in [5, 5.41) is 3.59. The van der Waals surface area contributed by atoms with Crippen molar-refractivity contribution in [1.82, 2.24) is 10.3 Å². The van der Waals surface area contributed by atoms with Crippen LogP contribution in [0.1, 0.15) is 40.1 Å². The fourth-order valence-electron chi connectivity index (χ4n) is 1.67. The number of amides is 1. The van der Waals surface area contributed by atoms with Gasteiger partial charge in [-0.3, -0.25) is 4.79 Å². The lowest BCUT2D eigenvalue weighted by Gasteiger charge is -2.11. The van der Waals surface area contributed by atoms with Crippen LogP contribution >= 0.6 is 11.3 Å². The van der Waals surface area contributed by atoms with E-state index in [1.807, 2.05) is 13.1 Å². The van der Waals surface area contributed by atoms with Crippen molar-refractivity contribution in [3.05, 3.63) is 51.7 Å². The molecule has 0 radical (unpaired) electrons. The molecule has 0 aliphatic heterocycles. The molecule has 1 amide bonds. The zero-order chi connectivity index (χ0) is 13.8. The van der Waals surface area contributed by atoms with Gasteiger partial charge in [0.1, 0.15) is 10.8 Å². The Labute approximate surface area is 115 Å². The lowest BCUT2D eigenvalue weighted by Crippen LogP contribution is -2.27. The number of aryl methyl sites for hydroxylation is 1. The van der Waals surface area contributed by atoms with Gasteiger partial charge < -0.3 is 5.32 Å². The second-order valence-corrected chi connectivity index (χ2v) is 5.34. The van der Waals surface area contributed by atoms with Gasteiger partial charge in [0.25, 0.3) is 5.91 Å². The van der Waals surface area contributed by atoms with E-state index in [1.165, 1.54) is 17.0 Å². The van der Waals surface area contributed by atoms with Crippen LogP contribution in [-0.2, 0) is 6.42 Å². The van der Waals surface area contributed by atoms with Crippen molar-refractivity contribution >= 4 is 17.2 Å². The van der Waals surface area contributed by atoms with E-state index < -0.39 is 11.7 Å². The molecular weight excluding hydrogens is 263 g/mol. The molecule has 19 heavy (non-hydrogen) atoms. The van der Waals surface area contributed by atoms with Gasteiger partial charge in [0, 0.05) is 11.1 Å². The number of nitrogens with zero attached hydrogens (tertiary/aromatic N) is 1. The molecule has 0 saturated heterocycles. The van der Waals surface area contributed by atoms with Gasteiger partial charge in [-0.15, -0.1) is 11.3 Å². The van der Waals surface area contributed by atoms with Crippen LogP contribution in [0.5, 0.6) is 0 Å². The van der Waals surface area contributed by atoms with Gasteiger partial charge in [-0.1, -0.05) is 19.1 Å². The number of hydrogen-bond donors (Lipinski definition) is 1. The second kappa shape index (κ2) is 5.93. The van der Waals surface area contributed by atoms with Gasteiger partial charge in [-0.2, -0.15) is 0 Å². The molecule has 0 bridgehead atoms. The van der Waals surface area contributed by atoms with E-state index in [9.17, 15) is 9.18 Å². The Balaban J connectivity index is 2.08. The topological polar surface area (TPSA) is 42.0 Å². The molecule has 1 aromatic heterocycles. The Morgan fingerprint density at radius 1 is 1.47 bits per heavy atom. The number of nitrogens with one attached hydrogen (secondary N) is 1. The minimum absolute atomic E-state index is 0.0571. The molecule has 100 valence electrons. The first-order chi connectivity index (χ1) is 9.11. The highest BCUT2D eigenvalue weighted by atomic mass is 32.1. The van der Waals surface area contributed by atoms with E-state index in [1.54, 1.807) is 23.5 Å². The molecule has 0 saturated carbocycles. The van der Waals surface area contributed by atoms with Gasteiger partial charge in [0.2, 0.25) is 0 Å². The van der Waals surface area contributed by atoms with Crippen molar-refractivity contribution in [3.63, 3.8) is 0 Å². The first-order valence-corrected chi connectivity index (χ1v) is 6.93. The fraction of sp³-hybridized carbons (Fsp3) is 0.286. The predicted octanol–water partition coefficient (Wildman–Crippen LogP) is 3.34. The monoisotopic (exact) mass is 278 g/mol. The van der Waals surface area contributed by atoms with Crippen LogP contribution < -0.4 is 5.32 Å². The van der Waals surface area contributed by atoms with Crippen molar-refractivity contribution in [2.24, 2.45) is 0 Å². The van der Waals surface area contributed by atoms with Gasteiger partial charge in [-0.05, 0) is 25.5 Å². The summed E-state index contributed by atoms with van der Waals surface area (Å²) in [7, 11) is 0. The van der Waals surface area contributed by atoms with Crippen molar-refractivity contribution in [2.75, 3.05) is 0 Å². The SMILES string of the molecule is CCc1cnc(C(C)NC(=O)c2ccccc2F)s1. The third-order valence-electron chi connectivity index (χ3n) is 2.76. The van der Waals surface area contributed by atoms with Crippen LogP contribution in [0.4, 0.5) is 4.39 Å². The molecule has 1 heterocycles. The molecule has 0 fully saturated rings. The molecule has 1 N–H and O–H groups in total. The predicted molar refractivity (Wildman–Crippen MR) is 73.8 cm³/mol. The van der Waals surface area contributed by atoms with E-state index in [0.717, 1.165) is 11.4 Å². The zero-order valence-electron chi connectivity index (χ0n) is 10.8. The van der Waals surface area contributed by atoms with Crippen molar-refractivity contribution in [3.8, 4) is 0 Å². The summed E-state index contributed by atoms with van der Waals surface area (Å²) in [4.78, 5) is 17.4. The number of aromatic nitrogens is 1. The number of carbonyl (C=O) groups excluding carboxylic acids is 1. The summed E-state index contributed by atoms with van der Waals surface area (Å²) in [5.74, 6) is -0.931. The Morgan fingerprint density at radius 2 is 2.21 bits per heavy atom. The zero-order valence-corrected chi connectivity index (χ0v) is 11.6. The molecule has 2 rings (SSSR count). The number of benzene rings is 1. The van der Waals surface area contributed by atoms with E-state index in [0.29, 0.717) is 0 Å². The van der Waals surface area contributed by atoms with Crippen LogP contribution in [0.3, 0.4) is 0 Å². The van der Waals surface area contributed by atoms with E-state index in [2.05, 4.69) is 17.2 Å². The van der Waals surface area contributed by atoms with Crippen molar-refractivity contribution < 1.29 is 9.18 Å². The highest BCUT2D eigenvalue weighted by Crippen LogP contribution is 2.20. The number of halogens is 1. The molecule has 5 heteroatoms. The molecule has 0 aliphatic carbocycles. The fourth-order valence-corrected chi connectivity index (χ4v) is 2.53. The molecule has 0 aliphatic rings. The van der Waals surface area contributed by atoms with Crippen LogP contribution in [0.2, 0.25) is 0 Å². The Bertz CT molecular complexity index is 582. The molecular formula is C14H15FN2OS. The number of thiazole rings is 1. The van der Waals surface area contributed by atoms with Gasteiger partial charge in [0.15, 0.2) is 0 Å². The summed E-state index contributed by atoms with van der Waals surface area (Å²) in [5.41, 5.74) is 0.0571. The molecule has 1 atom stereocenters. The quantitative estimate of drug-likeness (QED) is 0.932. The maximum absolute atomic E-state index is 13.5. The summed E-state index contributed by atoms with van der Waals surface area (Å²) in [6.45, 7) is 3.90. The highest BCUT2D eigenvalue weighted by Gasteiger charge is 2.16. The lowest BCUT2D eigenvalue weighted by molar-refractivity contribution is 0.0936.